The molecule has 0 bridgehead atoms. The molecule has 15 heavy (non-hydrogen) atoms. The van der Waals surface area contributed by atoms with Gasteiger partial charge < -0.3 is 5.11 Å². The molecule has 2 heteroatoms. The maximum atomic E-state index is 12.1. The summed E-state index contributed by atoms with van der Waals surface area (Å²) in [6, 6.07) is 0. The second-order valence-electron chi connectivity index (χ2n) is 5.20. The van der Waals surface area contributed by atoms with Crippen LogP contribution >= 0.6 is 0 Å². The van der Waals surface area contributed by atoms with Gasteiger partial charge in [0, 0.05) is 11.8 Å². The Morgan fingerprint density at radius 2 is 2.07 bits per heavy atom. The van der Waals surface area contributed by atoms with E-state index < -0.39 is 6.10 Å². The Hall–Kier alpha value is -0.630. The van der Waals surface area contributed by atoms with Crippen LogP contribution in [0.4, 0.5) is 0 Å². The van der Waals surface area contributed by atoms with Gasteiger partial charge in [-0.2, -0.15) is 0 Å². The van der Waals surface area contributed by atoms with Crippen molar-refractivity contribution < 1.29 is 9.90 Å². The molecule has 0 spiro atoms. The zero-order valence-electron chi connectivity index (χ0n) is 9.52. The van der Waals surface area contributed by atoms with Gasteiger partial charge in [0.05, 0.1) is 6.10 Å². The first-order chi connectivity index (χ1) is 7.07. The third-order valence-corrected chi connectivity index (χ3v) is 4.61. The molecule has 6 atom stereocenters. The van der Waals surface area contributed by atoms with Crippen LogP contribution in [0.5, 0.6) is 0 Å². The molecule has 2 nitrogen and oxygen atoms in total. The molecule has 2 rings (SSSR count). The van der Waals surface area contributed by atoms with Crippen molar-refractivity contribution in [3.05, 3.63) is 12.7 Å². The number of hydrogen-bond donors (Lipinski definition) is 1. The maximum absolute atomic E-state index is 12.1. The molecule has 0 heterocycles. The van der Waals surface area contributed by atoms with E-state index in [1.54, 1.807) is 0 Å². The molecule has 2 aliphatic rings. The lowest BCUT2D eigenvalue weighted by Gasteiger charge is -2.40. The van der Waals surface area contributed by atoms with E-state index in [-0.39, 0.29) is 17.6 Å². The minimum Gasteiger partial charge on any atom is -0.392 e. The molecule has 0 aliphatic heterocycles. The minimum absolute atomic E-state index is 0.0713. The number of rotatable bonds is 1. The highest BCUT2D eigenvalue weighted by atomic mass is 16.3. The van der Waals surface area contributed by atoms with Crippen LogP contribution in [0.2, 0.25) is 0 Å². The van der Waals surface area contributed by atoms with Crippen LogP contribution in [0.25, 0.3) is 0 Å². The average Bonchev–Trinajstić information content (AvgIpc) is 2.58. The summed E-state index contributed by atoms with van der Waals surface area (Å²) < 4.78 is 0. The molecule has 0 unspecified atom stereocenters. The van der Waals surface area contributed by atoms with Crippen molar-refractivity contribution in [3.63, 3.8) is 0 Å². The zero-order valence-corrected chi connectivity index (χ0v) is 9.52. The minimum atomic E-state index is -0.403. The van der Waals surface area contributed by atoms with Gasteiger partial charge >= 0.3 is 0 Å². The molecule has 0 aromatic rings. The Kier molecular flexibility index (Phi) is 2.72. The van der Waals surface area contributed by atoms with Gasteiger partial charge in [-0.3, -0.25) is 4.79 Å². The van der Waals surface area contributed by atoms with Crippen LogP contribution in [0.15, 0.2) is 12.7 Å². The van der Waals surface area contributed by atoms with Gasteiger partial charge in [0.1, 0.15) is 5.78 Å². The molecular formula is C13H20O2. The highest BCUT2D eigenvalue weighted by Crippen LogP contribution is 2.48. The van der Waals surface area contributed by atoms with Crippen molar-refractivity contribution in [2.45, 2.75) is 32.8 Å². The van der Waals surface area contributed by atoms with Gasteiger partial charge in [-0.25, -0.2) is 0 Å². The Bertz CT molecular complexity index is 284. The molecule has 0 aromatic carbocycles. The predicted molar refractivity (Wildman–Crippen MR) is 59.2 cm³/mol. The topological polar surface area (TPSA) is 37.3 Å². The van der Waals surface area contributed by atoms with E-state index in [1.807, 2.05) is 13.0 Å². The molecule has 2 fully saturated rings. The van der Waals surface area contributed by atoms with E-state index in [0.717, 1.165) is 12.8 Å². The van der Waals surface area contributed by atoms with Crippen molar-refractivity contribution in [2.24, 2.45) is 29.6 Å². The molecule has 2 aliphatic carbocycles. The fourth-order valence-corrected chi connectivity index (χ4v) is 3.52. The van der Waals surface area contributed by atoms with Crippen LogP contribution in [0.1, 0.15) is 26.7 Å². The molecule has 0 amide bonds. The maximum Gasteiger partial charge on any atom is 0.141 e. The van der Waals surface area contributed by atoms with Gasteiger partial charge in [0.2, 0.25) is 0 Å². The standard InChI is InChI=1S/C13H20O2/c1-4-9-7(2)8(3)13(15)12-10(9)5-6-11(12)14/h4,7-12,14H,1,5-6H2,2-3H3/t7-,8-,9+,10+,11-,12-/m1/s1. The second kappa shape index (κ2) is 3.75. The van der Waals surface area contributed by atoms with E-state index >= 15 is 0 Å². The number of allylic oxidation sites excluding steroid dienone is 1. The van der Waals surface area contributed by atoms with Crippen molar-refractivity contribution in [2.75, 3.05) is 0 Å². The predicted octanol–water partition coefficient (Wildman–Crippen LogP) is 2.03. The summed E-state index contributed by atoms with van der Waals surface area (Å²) in [5, 5.41) is 9.86. The lowest BCUT2D eigenvalue weighted by molar-refractivity contribution is -0.137. The fourth-order valence-electron chi connectivity index (χ4n) is 3.52. The van der Waals surface area contributed by atoms with Crippen LogP contribution < -0.4 is 0 Å². The largest absolute Gasteiger partial charge is 0.392 e. The summed E-state index contributed by atoms with van der Waals surface area (Å²) in [7, 11) is 0. The normalized spacial score (nSPS) is 50.2. The first-order valence-corrected chi connectivity index (χ1v) is 5.92. The first-order valence-electron chi connectivity index (χ1n) is 5.92. The Labute approximate surface area is 91.4 Å². The number of carbonyl (C=O) groups excluding carboxylic acids is 1. The van der Waals surface area contributed by atoms with E-state index in [0.29, 0.717) is 17.8 Å². The van der Waals surface area contributed by atoms with E-state index in [1.165, 1.54) is 0 Å². The fraction of sp³-hybridized carbons (Fsp3) is 0.769. The highest BCUT2D eigenvalue weighted by molar-refractivity contribution is 5.85. The number of aliphatic hydroxyl groups is 1. The number of carbonyl (C=O) groups is 1. The van der Waals surface area contributed by atoms with Crippen LogP contribution in [-0.4, -0.2) is 17.0 Å². The van der Waals surface area contributed by atoms with Crippen molar-refractivity contribution in [3.8, 4) is 0 Å². The van der Waals surface area contributed by atoms with Crippen LogP contribution in [0.3, 0.4) is 0 Å². The van der Waals surface area contributed by atoms with Crippen LogP contribution in [0, 0.1) is 29.6 Å². The first kappa shape index (κ1) is 10.9. The average molecular weight is 208 g/mol. The number of ketones is 1. The monoisotopic (exact) mass is 208 g/mol. The Balaban J connectivity index is 2.31. The zero-order chi connectivity index (χ0) is 11.2. The van der Waals surface area contributed by atoms with Gasteiger partial charge in [0.25, 0.3) is 0 Å². The number of fused-ring (bicyclic) bond motifs is 1. The number of Topliss-reactive ketones (excluding diaryl/α,β-unsaturated/α-hetero) is 1. The summed E-state index contributed by atoms with van der Waals surface area (Å²) in [4.78, 5) is 12.1. The summed E-state index contributed by atoms with van der Waals surface area (Å²) in [6.45, 7) is 8.01. The third-order valence-electron chi connectivity index (χ3n) is 4.61. The molecule has 1 N–H and O–H groups in total. The molecule has 0 aromatic heterocycles. The second-order valence-corrected chi connectivity index (χ2v) is 5.20. The Morgan fingerprint density at radius 1 is 1.40 bits per heavy atom. The SMILES string of the molecule is C=C[C@H]1[C@H](C)[C@@H](C)C(=O)[C@@H]2[C@H]1CC[C@H]2O. The summed E-state index contributed by atoms with van der Waals surface area (Å²) in [5.41, 5.74) is 0. The van der Waals surface area contributed by atoms with Crippen molar-refractivity contribution in [1.82, 2.24) is 0 Å². The lowest BCUT2D eigenvalue weighted by atomic mass is 9.63. The summed E-state index contributed by atoms with van der Waals surface area (Å²) in [6.07, 6.45) is 3.35. The van der Waals surface area contributed by atoms with Gasteiger partial charge in [0.15, 0.2) is 0 Å². The molecule has 2 saturated carbocycles. The van der Waals surface area contributed by atoms with Gasteiger partial charge in [-0.05, 0) is 30.6 Å². The van der Waals surface area contributed by atoms with Crippen LogP contribution in [-0.2, 0) is 4.79 Å². The molecule has 0 radical (unpaired) electrons. The summed E-state index contributed by atoms with van der Waals surface area (Å²) in [5.74, 6) is 1.36. The lowest BCUT2D eigenvalue weighted by Crippen LogP contribution is -2.45. The van der Waals surface area contributed by atoms with Crippen molar-refractivity contribution in [1.29, 1.82) is 0 Å². The number of hydrogen-bond acceptors (Lipinski definition) is 2. The quantitative estimate of drug-likeness (QED) is 0.669. The number of aliphatic hydroxyl groups excluding tert-OH is 1. The van der Waals surface area contributed by atoms with Gasteiger partial charge in [-0.1, -0.05) is 19.9 Å². The van der Waals surface area contributed by atoms with Crippen molar-refractivity contribution >= 4 is 5.78 Å². The summed E-state index contributed by atoms with van der Waals surface area (Å²) >= 11 is 0. The van der Waals surface area contributed by atoms with E-state index in [4.69, 9.17) is 0 Å². The molecule has 84 valence electrons. The Morgan fingerprint density at radius 3 is 2.67 bits per heavy atom. The van der Waals surface area contributed by atoms with E-state index in [2.05, 4.69) is 13.5 Å². The third kappa shape index (κ3) is 1.46. The smallest absolute Gasteiger partial charge is 0.141 e. The highest BCUT2D eigenvalue weighted by Gasteiger charge is 2.50. The van der Waals surface area contributed by atoms with Gasteiger partial charge in [-0.15, -0.1) is 6.58 Å². The molecular weight excluding hydrogens is 188 g/mol. The molecule has 0 saturated heterocycles. The van der Waals surface area contributed by atoms with E-state index in [9.17, 15) is 9.90 Å².